The Balaban J connectivity index is 2.11. The maximum Gasteiger partial charge on any atom is 0.208 e. The van der Waals surface area contributed by atoms with Crippen molar-refractivity contribution in [2.24, 2.45) is 0 Å². The van der Waals surface area contributed by atoms with E-state index in [0.717, 1.165) is 140 Å². The van der Waals surface area contributed by atoms with Crippen molar-refractivity contribution in [3.63, 3.8) is 0 Å². The van der Waals surface area contributed by atoms with E-state index in [2.05, 4.69) is 77.1 Å². The van der Waals surface area contributed by atoms with Crippen LogP contribution in [0, 0.1) is 0 Å². The molecule has 0 bridgehead atoms. The number of benzene rings is 4. The van der Waals surface area contributed by atoms with Gasteiger partial charge in [-0.2, -0.15) is 0 Å². The van der Waals surface area contributed by atoms with E-state index in [9.17, 15) is 0 Å². The zero-order chi connectivity index (χ0) is 34.0. The highest BCUT2D eigenvalue weighted by Gasteiger charge is 2.29. The summed E-state index contributed by atoms with van der Waals surface area (Å²) in [5.74, 6) is 3.76. The van der Waals surface area contributed by atoms with E-state index in [-0.39, 0.29) is 0 Å². The Bertz CT molecular complexity index is 1530. The van der Waals surface area contributed by atoms with Crippen LogP contribution in [-0.2, 0) is 0 Å². The molecule has 0 amide bonds. The summed E-state index contributed by atoms with van der Waals surface area (Å²) in [6.07, 6.45) is 16.2. The first kappa shape index (κ1) is 37.5. The smallest absolute Gasteiger partial charge is 0.208 e. The van der Waals surface area contributed by atoms with Gasteiger partial charge in [0.15, 0.2) is 11.5 Å². The maximum absolute atomic E-state index is 6.91. The number of hydrogen-bond acceptors (Lipinski definition) is 5. The third-order valence-corrected chi connectivity index (χ3v) is 9.07. The summed E-state index contributed by atoms with van der Waals surface area (Å²) >= 11 is 0. The van der Waals surface area contributed by atoms with Crippen LogP contribution in [0.25, 0.3) is 32.3 Å². The van der Waals surface area contributed by atoms with Crippen LogP contribution in [0.2, 0.25) is 0 Å². The van der Waals surface area contributed by atoms with Gasteiger partial charge < -0.3 is 23.7 Å². The summed E-state index contributed by atoms with van der Waals surface area (Å²) in [5, 5.41) is 6.53. The SMILES string of the molecule is CCCCCOc1c(OCCCCC)c(OCCCCC)c2c3c(OCCCCC)cccc3c3ccccc3c2c1OCCCCC. The molecule has 0 radical (unpaired) electrons. The minimum atomic E-state index is 0.594. The lowest BCUT2D eigenvalue weighted by Crippen LogP contribution is -2.10. The van der Waals surface area contributed by atoms with Crippen LogP contribution in [0.3, 0.4) is 0 Å². The van der Waals surface area contributed by atoms with Gasteiger partial charge in [0.1, 0.15) is 5.75 Å². The van der Waals surface area contributed by atoms with E-state index < -0.39 is 0 Å². The number of rotatable bonds is 25. The molecule has 0 atom stereocenters. The van der Waals surface area contributed by atoms with Crippen molar-refractivity contribution in [1.29, 1.82) is 0 Å². The molecule has 48 heavy (non-hydrogen) atoms. The van der Waals surface area contributed by atoms with Crippen LogP contribution in [0.4, 0.5) is 0 Å². The topological polar surface area (TPSA) is 46.2 Å². The van der Waals surface area contributed by atoms with E-state index >= 15 is 0 Å². The molecule has 0 spiro atoms. The van der Waals surface area contributed by atoms with Crippen LogP contribution < -0.4 is 23.7 Å². The van der Waals surface area contributed by atoms with Gasteiger partial charge in [-0.1, -0.05) is 135 Å². The van der Waals surface area contributed by atoms with E-state index in [1.807, 2.05) is 0 Å². The second-order valence-corrected chi connectivity index (χ2v) is 13.1. The van der Waals surface area contributed by atoms with Crippen molar-refractivity contribution in [3.8, 4) is 28.7 Å². The molecule has 0 unspecified atom stereocenters. The summed E-state index contributed by atoms with van der Waals surface area (Å²) in [5.41, 5.74) is 0. The number of unbranched alkanes of at least 4 members (excludes halogenated alkanes) is 10. The third kappa shape index (κ3) is 9.64. The molecular formula is C43H62O5. The lowest BCUT2D eigenvalue weighted by atomic mass is 9.92. The molecule has 0 N–H and O–H groups in total. The Kier molecular flexibility index (Phi) is 16.3. The van der Waals surface area contributed by atoms with Gasteiger partial charge in [0.25, 0.3) is 0 Å². The van der Waals surface area contributed by atoms with Crippen molar-refractivity contribution in [2.75, 3.05) is 33.0 Å². The summed E-state index contributed by atoms with van der Waals surface area (Å²) in [4.78, 5) is 0. The molecule has 5 heteroatoms. The quantitative estimate of drug-likeness (QED) is 0.0524. The molecule has 0 aliphatic rings. The van der Waals surface area contributed by atoms with E-state index in [4.69, 9.17) is 23.7 Å². The molecule has 4 aromatic rings. The fraction of sp³-hybridized carbons (Fsp3) is 0.581. The Morgan fingerprint density at radius 3 is 1.19 bits per heavy atom. The van der Waals surface area contributed by atoms with Crippen molar-refractivity contribution in [3.05, 3.63) is 42.5 Å². The van der Waals surface area contributed by atoms with Gasteiger partial charge in [-0.15, -0.1) is 0 Å². The van der Waals surface area contributed by atoms with Crippen LogP contribution >= 0.6 is 0 Å². The standard InChI is InChI=1S/C43H62O5/c1-6-11-18-28-44-36-27-23-26-34-33-24-16-17-25-35(33)38-39(37(34)36)41(46-30-20-13-8-3)43(48-32-22-15-10-5)42(47-31-21-14-9-4)40(38)45-29-19-12-7-2/h16-17,23-27H,6-15,18-22,28-32H2,1-5H3. The Morgan fingerprint density at radius 2 is 0.708 bits per heavy atom. The van der Waals surface area contributed by atoms with Gasteiger partial charge in [0, 0.05) is 16.2 Å². The highest BCUT2D eigenvalue weighted by atomic mass is 16.6. The Morgan fingerprint density at radius 1 is 0.333 bits per heavy atom. The number of fused-ring (bicyclic) bond motifs is 6. The predicted octanol–water partition coefficient (Wildman–Crippen LogP) is 13.0. The summed E-state index contributed by atoms with van der Waals surface area (Å²) < 4.78 is 34.0. The zero-order valence-corrected chi connectivity index (χ0v) is 30.7. The normalized spacial score (nSPS) is 11.4. The first-order chi connectivity index (χ1) is 23.7. The average molecular weight is 659 g/mol. The highest BCUT2D eigenvalue weighted by Crippen LogP contribution is 2.57. The molecule has 0 saturated heterocycles. The summed E-state index contributed by atoms with van der Waals surface area (Å²) in [6.45, 7) is 14.2. The van der Waals surface area contributed by atoms with Gasteiger partial charge in [-0.25, -0.2) is 0 Å². The van der Waals surface area contributed by atoms with Gasteiger partial charge in [0.2, 0.25) is 11.5 Å². The lowest BCUT2D eigenvalue weighted by Gasteiger charge is -2.25. The monoisotopic (exact) mass is 658 g/mol. The highest BCUT2D eigenvalue weighted by molar-refractivity contribution is 6.30. The minimum Gasteiger partial charge on any atom is -0.493 e. The van der Waals surface area contributed by atoms with Crippen LogP contribution in [0.1, 0.15) is 131 Å². The molecule has 4 rings (SSSR count). The lowest BCUT2D eigenvalue weighted by molar-refractivity contribution is 0.223. The first-order valence-corrected chi connectivity index (χ1v) is 19.3. The maximum atomic E-state index is 6.91. The molecule has 0 aliphatic heterocycles. The van der Waals surface area contributed by atoms with Gasteiger partial charge in [0.05, 0.1) is 33.0 Å². The van der Waals surface area contributed by atoms with Crippen molar-refractivity contribution in [2.45, 2.75) is 131 Å². The fourth-order valence-electron chi connectivity index (χ4n) is 6.40. The second kappa shape index (κ2) is 20.9. The molecule has 5 nitrogen and oxygen atoms in total. The fourth-order valence-corrected chi connectivity index (χ4v) is 6.40. The van der Waals surface area contributed by atoms with Crippen LogP contribution in [0.15, 0.2) is 42.5 Å². The second-order valence-electron chi connectivity index (χ2n) is 13.1. The van der Waals surface area contributed by atoms with Gasteiger partial charge in [-0.05, 0) is 54.3 Å². The number of hydrogen-bond donors (Lipinski definition) is 0. The average Bonchev–Trinajstić information content (AvgIpc) is 3.11. The summed E-state index contributed by atoms with van der Waals surface area (Å²) in [6, 6.07) is 15.1. The van der Waals surface area contributed by atoms with E-state index in [1.165, 1.54) is 5.39 Å². The minimum absolute atomic E-state index is 0.594. The predicted molar refractivity (Wildman–Crippen MR) is 204 cm³/mol. The molecular weight excluding hydrogens is 596 g/mol. The van der Waals surface area contributed by atoms with E-state index in [1.54, 1.807) is 0 Å². The Hall–Kier alpha value is -3.34. The molecule has 0 fully saturated rings. The van der Waals surface area contributed by atoms with Crippen molar-refractivity contribution in [1.82, 2.24) is 0 Å². The van der Waals surface area contributed by atoms with Gasteiger partial charge >= 0.3 is 0 Å². The van der Waals surface area contributed by atoms with Crippen molar-refractivity contribution < 1.29 is 23.7 Å². The van der Waals surface area contributed by atoms with Crippen LogP contribution in [-0.4, -0.2) is 33.0 Å². The molecule has 0 heterocycles. The molecule has 264 valence electrons. The largest absolute Gasteiger partial charge is 0.493 e. The van der Waals surface area contributed by atoms with Crippen molar-refractivity contribution >= 4 is 32.3 Å². The Labute approximate surface area is 290 Å². The first-order valence-electron chi connectivity index (χ1n) is 19.3. The molecule has 0 aliphatic carbocycles. The zero-order valence-electron chi connectivity index (χ0n) is 30.7. The van der Waals surface area contributed by atoms with E-state index in [0.29, 0.717) is 44.5 Å². The summed E-state index contributed by atoms with van der Waals surface area (Å²) in [7, 11) is 0. The van der Waals surface area contributed by atoms with Gasteiger partial charge in [-0.3, -0.25) is 0 Å². The number of ether oxygens (including phenoxy) is 5. The molecule has 4 aromatic carbocycles. The third-order valence-electron chi connectivity index (χ3n) is 9.07. The molecule has 0 saturated carbocycles. The molecule has 0 aromatic heterocycles. The van der Waals surface area contributed by atoms with Crippen LogP contribution in [0.5, 0.6) is 28.7 Å².